The first kappa shape index (κ1) is 12.7. The molecule has 2 N–H and O–H groups in total. The molecule has 1 aromatic carbocycles. The number of fused-ring (bicyclic) bond motifs is 1. The molecule has 96 valence electrons. The maximum atomic E-state index is 6.21. The average Bonchev–Trinajstić information content (AvgIpc) is 2.38. The van der Waals surface area contributed by atoms with Crippen LogP contribution in [0.1, 0.15) is 25.1 Å². The van der Waals surface area contributed by atoms with Gasteiger partial charge in [-0.1, -0.05) is 0 Å². The van der Waals surface area contributed by atoms with Crippen molar-refractivity contribution in [1.82, 2.24) is 4.98 Å². The zero-order valence-corrected chi connectivity index (χ0v) is 11.6. The number of anilines is 2. The summed E-state index contributed by atoms with van der Waals surface area (Å²) in [5, 5.41) is 1.06. The predicted octanol–water partition coefficient (Wildman–Crippen LogP) is 3.28. The summed E-state index contributed by atoms with van der Waals surface area (Å²) in [6.45, 7) is 10.4. The van der Waals surface area contributed by atoms with Gasteiger partial charge in [0.05, 0.1) is 5.52 Å². The van der Waals surface area contributed by atoms with E-state index < -0.39 is 0 Å². The van der Waals surface area contributed by atoms with Crippen LogP contribution in [0.25, 0.3) is 10.9 Å². The first-order chi connectivity index (χ1) is 8.58. The SMILES string of the molecule is CCN(CC)c1ccc2nc(C)c(C)c(N)c2c1. The van der Waals surface area contributed by atoms with Gasteiger partial charge in [0.1, 0.15) is 0 Å². The molecule has 3 nitrogen and oxygen atoms in total. The quantitative estimate of drug-likeness (QED) is 0.899. The Morgan fingerprint density at radius 1 is 1.17 bits per heavy atom. The van der Waals surface area contributed by atoms with E-state index >= 15 is 0 Å². The van der Waals surface area contributed by atoms with Crippen molar-refractivity contribution in [2.24, 2.45) is 0 Å². The fraction of sp³-hybridized carbons (Fsp3) is 0.400. The molecule has 0 spiro atoms. The molecule has 0 aliphatic rings. The summed E-state index contributed by atoms with van der Waals surface area (Å²) in [6.07, 6.45) is 0. The van der Waals surface area contributed by atoms with E-state index in [1.807, 2.05) is 13.8 Å². The number of nitrogen functional groups attached to an aromatic ring is 1. The third kappa shape index (κ3) is 2.01. The van der Waals surface area contributed by atoms with Crippen LogP contribution in [0, 0.1) is 13.8 Å². The lowest BCUT2D eigenvalue weighted by molar-refractivity contribution is 0.867. The highest BCUT2D eigenvalue weighted by Crippen LogP contribution is 2.28. The highest BCUT2D eigenvalue weighted by molar-refractivity contribution is 5.94. The molecule has 0 aliphatic carbocycles. The van der Waals surface area contributed by atoms with Crippen LogP contribution < -0.4 is 10.6 Å². The van der Waals surface area contributed by atoms with Crippen molar-refractivity contribution >= 4 is 22.3 Å². The number of benzene rings is 1. The highest BCUT2D eigenvalue weighted by Gasteiger charge is 2.09. The smallest absolute Gasteiger partial charge is 0.0727 e. The number of pyridine rings is 1. The van der Waals surface area contributed by atoms with E-state index in [4.69, 9.17) is 5.73 Å². The lowest BCUT2D eigenvalue weighted by Crippen LogP contribution is -2.21. The number of nitrogens with two attached hydrogens (primary N) is 1. The monoisotopic (exact) mass is 243 g/mol. The molecule has 0 radical (unpaired) electrons. The van der Waals surface area contributed by atoms with Gasteiger partial charge in [0.2, 0.25) is 0 Å². The van der Waals surface area contributed by atoms with Gasteiger partial charge in [0.15, 0.2) is 0 Å². The van der Waals surface area contributed by atoms with Crippen LogP contribution in [-0.4, -0.2) is 18.1 Å². The minimum absolute atomic E-state index is 0.853. The molecular formula is C15H21N3. The summed E-state index contributed by atoms with van der Waals surface area (Å²) in [5.41, 5.74) is 11.3. The van der Waals surface area contributed by atoms with Crippen molar-refractivity contribution in [3.8, 4) is 0 Å². The summed E-state index contributed by atoms with van der Waals surface area (Å²) in [6, 6.07) is 6.33. The van der Waals surface area contributed by atoms with Crippen molar-refractivity contribution < 1.29 is 0 Å². The van der Waals surface area contributed by atoms with Gasteiger partial charge in [-0.15, -0.1) is 0 Å². The maximum Gasteiger partial charge on any atom is 0.0727 e. The van der Waals surface area contributed by atoms with Crippen molar-refractivity contribution in [3.05, 3.63) is 29.5 Å². The van der Waals surface area contributed by atoms with Crippen LogP contribution in [0.3, 0.4) is 0 Å². The molecule has 0 unspecified atom stereocenters. The van der Waals surface area contributed by atoms with E-state index in [1.165, 1.54) is 5.69 Å². The van der Waals surface area contributed by atoms with Gasteiger partial charge in [-0.2, -0.15) is 0 Å². The fourth-order valence-electron chi connectivity index (χ4n) is 2.28. The van der Waals surface area contributed by atoms with E-state index in [0.29, 0.717) is 0 Å². The van der Waals surface area contributed by atoms with E-state index in [1.54, 1.807) is 0 Å². The Labute approximate surface area is 109 Å². The molecule has 3 heteroatoms. The molecule has 18 heavy (non-hydrogen) atoms. The van der Waals surface area contributed by atoms with Crippen molar-refractivity contribution in [2.45, 2.75) is 27.7 Å². The van der Waals surface area contributed by atoms with E-state index in [-0.39, 0.29) is 0 Å². The Bertz CT molecular complexity index is 571. The highest BCUT2D eigenvalue weighted by atomic mass is 15.1. The lowest BCUT2D eigenvalue weighted by Gasteiger charge is -2.21. The largest absolute Gasteiger partial charge is 0.398 e. The van der Waals surface area contributed by atoms with Crippen molar-refractivity contribution in [2.75, 3.05) is 23.7 Å². The Balaban J connectivity index is 2.64. The van der Waals surface area contributed by atoms with Crippen molar-refractivity contribution in [3.63, 3.8) is 0 Å². The Morgan fingerprint density at radius 3 is 2.44 bits per heavy atom. The lowest BCUT2D eigenvalue weighted by atomic mass is 10.1. The summed E-state index contributed by atoms with van der Waals surface area (Å²) in [4.78, 5) is 6.90. The van der Waals surface area contributed by atoms with Crippen LogP contribution in [0.2, 0.25) is 0 Å². The summed E-state index contributed by atoms with van der Waals surface area (Å²) in [5.74, 6) is 0. The van der Waals surface area contributed by atoms with Gasteiger partial charge in [0.25, 0.3) is 0 Å². The van der Waals surface area contributed by atoms with Crippen LogP contribution in [-0.2, 0) is 0 Å². The second-order valence-corrected chi connectivity index (χ2v) is 4.61. The Morgan fingerprint density at radius 2 is 1.83 bits per heavy atom. The number of nitrogens with zero attached hydrogens (tertiary/aromatic N) is 2. The fourth-order valence-corrected chi connectivity index (χ4v) is 2.28. The molecule has 0 saturated heterocycles. The average molecular weight is 243 g/mol. The zero-order valence-electron chi connectivity index (χ0n) is 11.6. The number of hydrogen-bond donors (Lipinski definition) is 1. The van der Waals surface area contributed by atoms with Gasteiger partial charge in [-0.3, -0.25) is 4.98 Å². The summed E-state index contributed by atoms with van der Waals surface area (Å²) >= 11 is 0. The van der Waals surface area contributed by atoms with Gasteiger partial charge in [0, 0.05) is 35.5 Å². The summed E-state index contributed by atoms with van der Waals surface area (Å²) in [7, 11) is 0. The molecule has 2 aromatic rings. The maximum absolute atomic E-state index is 6.21. The van der Waals surface area contributed by atoms with Crippen LogP contribution in [0.5, 0.6) is 0 Å². The predicted molar refractivity (Wildman–Crippen MR) is 79.2 cm³/mol. The Kier molecular flexibility index (Phi) is 3.41. The van der Waals surface area contributed by atoms with Crippen molar-refractivity contribution in [1.29, 1.82) is 0 Å². The molecule has 1 aromatic heterocycles. The number of aryl methyl sites for hydroxylation is 1. The van der Waals surface area contributed by atoms with Gasteiger partial charge in [-0.05, 0) is 51.5 Å². The molecule has 1 heterocycles. The van der Waals surface area contributed by atoms with Crippen LogP contribution in [0.4, 0.5) is 11.4 Å². The van der Waals surface area contributed by atoms with E-state index in [2.05, 4.69) is 41.9 Å². The third-order valence-corrected chi connectivity index (χ3v) is 3.63. The topological polar surface area (TPSA) is 42.2 Å². The molecule has 0 aliphatic heterocycles. The second-order valence-electron chi connectivity index (χ2n) is 4.61. The summed E-state index contributed by atoms with van der Waals surface area (Å²) < 4.78 is 0. The van der Waals surface area contributed by atoms with Gasteiger partial charge in [-0.25, -0.2) is 0 Å². The number of rotatable bonds is 3. The molecule has 0 atom stereocenters. The molecule has 0 amide bonds. The molecule has 2 rings (SSSR count). The van der Waals surface area contributed by atoms with Crippen LogP contribution >= 0.6 is 0 Å². The van der Waals surface area contributed by atoms with Gasteiger partial charge >= 0.3 is 0 Å². The molecule has 0 bridgehead atoms. The minimum Gasteiger partial charge on any atom is -0.398 e. The first-order valence-corrected chi connectivity index (χ1v) is 6.49. The number of hydrogen-bond acceptors (Lipinski definition) is 3. The minimum atomic E-state index is 0.853. The number of aromatic nitrogens is 1. The first-order valence-electron chi connectivity index (χ1n) is 6.49. The molecule has 0 fully saturated rings. The van der Waals surface area contributed by atoms with E-state index in [0.717, 1.165) is 40.9 Å². The third-order valence-electron chi connectivity index (χ3n) is 3.63. The van der Waals surface area contributed by atoms with Gasteiger partial charge < -0.3 is 10.6 Å². The van der Waals surface area contributed by atoms with Crippen LogP contribution in [0.15, 0.2) is 18.2 Å². The molecule has 0 saturated carbocycles. The normalized spacial score (nSPS) is 10.9. The molecular weight excluding hydrogens is 222 g/mol. The standard InChI is InChI=1S/C15H21N3/c1-5-18(6-2)12-7-8-14-13(9-12)15(16)10(3)11(4)17-14/h7-9H,5-6H2,1-4H3,(H2,16,17). The second kappa shape index (κ2) is 4.84. The Hall–Kier alpha value is -1.77. The van der Waals surface area contributed by atoms with E-state index in [9.17, 15) is 0 Å². The zero-order chi connectivity index (χ0) is 13.3.